The zero-order valence-corrected chi connectivity index (χ0v) is 20.7. The van der Waals surface area contributed by atoms with Gasteiger partial charge in [-0.15, -0.1) is 0 Å². The molecule has 2 heterocycles. The Balaban J connectivity index is 1.40. The van der Waals surface area contributed by atoms with E-state index in [4.69, 9.17) is 26.1 Å². The number of hydrogen-bond acceptors (Lipinski definition) is 4. The fraction of sp³-hybridized carbons (Fsp3) is 0.286. The molecule has 0 N–H and O–H groups in total. The fourth-order valence-corrected chi connectivity index (χ4v) is 4.79. The van der Waals surface area contributed by atoms with Gasteiger partial charge in [0.15, 0.2) is 0 Å². The number of para-hydroxylation sites is 4. The van der Waals surface area contributed by atoms with Crippen LogP contribution in [0.15, 0.2) is 66.7 Å². The van der Waals surface area contributed by atoms with Crippen LogP contribution in [0.3, 0.4) is 0 Å². The van der Waals surface area contributed by atoms with E-state index < -0.39 is 0 Å². The second kappa shape index (κ2) is 10.0. The van der Waals surface area contributed by atoms with Gasteiger partial charge in [-0.25, -0.2) is 4.98 Å². The van der Waals surface area contributed by atoms with E-state index in [0.29, 0.717) is 32.7 Å². The standard InChI is InChI=1S/C28H28ClN3O3/c1-3-34-26-11-7-6-10-25(26)32-18-20(17-27(32)33)28-30-23-8-4-5-9-24(23)31(28)14-15-35-21-12-13-22(29)19(2)16-21/h4-13,16,20H,3,14-15,17-18H2,1-2H3/t20-/m0/s1. The average molecular weight is 490 g/mol. The number of hydrogen-bond donors (Lipinski definition) is 0. The number of nitrogens with zero attached hydrogens (tertiary/aromatic N) is 3. The highest BCUT2D eigenvalue weighted by Gasteiger charge is 2.36. The number of fused-ring (bicyclic) bond motifs is 1. The Hall–Kier alpha value is -3.51. The third-order valence-corrected chi connectivity index (χ3v) is 6.77. The van der Waals surface area contributed by atoms with Gasteiger partial charge in [0.05, 0.1) is 29.9 Å². The first-order valence-corrected chi connectivity index (χ1v) is 12.3. The number of aromatic nitrogens is 2. The summed E-state index contributed by atoms with van der Waals surface area (Å²) in [6.07, 6.45) is 0.404. The Morgan fingerprint density at radius 1 is 1.06 bits per heavy atom. The molecule has 5 rings (SSSR count). The summed E-state index contributed by atoms with van der Waals surface area (Å²) < 4.78 is 14.0. The highest BCUT2D eigenvalue weighted by molar-refractivity contribution is 6.31. The molecule has 35 heavy (non-hydrogen) atoms. The highest BCUT2D eigenvalue weighted by atomic mass is 35.5. The lowest BCUT2D eigenvalue weighted by Gasteiger charge is -2.20. The first kappa shape index (κ1) is 23.2. The summed E-state index contributed by atoms with van der Waals surface area (Å²) in [5.74, 6) is 2.47. The SMILES string of the molecule is CCOc1ccccc1N1C[C@@H](c2nc3ccccc3n2CCOc2ccc(Cl)c(C)c2)CC1=O. The van der Waals surface area contributed by atoms with Crippen LogP contribution in [0.2, 0.25) is 5.02 Å². The molecule has 1 aromatic heterocycles. The van der Waals surface area contributed by atoms with Crippen molar-refractivity contribution in [1.82, 2.24) is 9.55 Å². The van der Waals surface area contributed by atoms with Crippen LogP contribution in [0.5, 0.6) is 11.5 Å². The number of amides is 1. The molecular weight excluding hydrogens is 462 g/mol. The second-order valence-corrected chi connectivity index (χ2v) is 9.08. The van der Waals surface area contributed by atoms with Crippen LogP contribution >= 0.6 is 11.6 Å². The zero-order valence-electron chi connectivity index (χ0n) is 19.9. The molecular formula is C28H28ClN3O3. The van der Waals surface area contributed by atoms with Crippen molar-refractivity contribution in [2.45, 2.75) is 32.7 Å². The number of benzene rings is 3. The smallest absolute Gasteiger partial charge is 0.227 e. The van der Waals surface area contributed by atoms with Gasteiger partial charge >= 0.3 is 0 Å². The fourth-order valence-electron chi connectivity index (χ4n) is 4.67. The van der Waals surface area contributed by atoms with Gasteiger partial charge in [-0.2, -0.15) is 0 Å². The molecule has 4 aromatic rings. The monoisotopic (exact) mass is 489 g/mol. The topological polar surface area (TPSA) is 56.6 Å². The minimum absolute atomic E-state index is 0.0256. The number of halogens is 1. The Labute approximate surface area is 210 Å². The Bertz CT molecular complexity index is 1370. The van der Waals surface area contributed by atoms with Gasteiger partial charge < -0.3 is 18.9 Å². The number of rotatable bonds is 8. The third-order valence-electron chi connectivity index (χ3n) is 6.34. The lowest BCUT2D eigenvalue weighted by Crippen LogP contribution is -2.25. The third kappa shape index (κ3) is 4.71. The van der Waals surface area contributed by atoms with Crippen molar-refractivity contribution in [3.63, 3.8) is 0 Å². The van der Waals surface area contributed by atoms with Gasteiger partial charge in [0.1, 0.15) is 23.9 Å². The Morgan fingerprint density at radius 2 is 1.86 bits per heavy atom. The summed E-state index contributed by atoms with van der Waals surface area (Å²) in [4.78, 5) is 19.9. The number of imidazole rings is 1. The van der Waals surface area contributed by atoms with E-state index in [1.54, 1.807) is 0 Å². The minimum atomic E-state index is -0.0256. The quantitative estimate of drug-likeness (QED) is 0.305. The van der Waals surface area contributed by atoms with Crippen LogP contribution in [-0.2, 0) is 11.3 Å². The summed E-state index contributed by atoms with van der Waals surface area (Å²) >= 11 is 6.14. The molecule has 0 radical (unpaired) electrons. The van der Waals surface area contributed by atoms with E-state index in [1.807, 2.05) is 79.4 Å². The molecule has 1 aliphatic heterocycles. The lowest BCUT2D eigenvalue weighted by molar-refractivity contribution is -0.117. The van der Waals surface area contributed by atoms with E-state index in [9.17, 15) is 4.79 Å². The van der Waals surface area contributed by atoms with Crippen molar-refractivity contribution in [3.8, 4) is 11.5 Å². The van der Waals surface area contributed by atoms with Gasteiger partial charge in [0.25, 0.3) is 0 Å². The molecule has 1 fully saturated rings. The van der Waals surface area contributed by atoms with Crippen molar-refractivity contribution in [2.24, 2.45) is 0 Å². The van der Waals surface area contributed by atoms with Crippen molar-refractivity contribution in [3.05, 3.63) is 83.1 Å². The van der Waals surface area contributed by atoms with Crippen LogP contribution < -0.4 is 14.4 Å². The van der Waals surface area contributed by atoms with E-state index in [2.05, 4.69) is 10.6 Å². The Morgan fingerprint density at radius 3 is 2.69 bits per heavy atom. The number of carbonyl (C=O) groups is 1. The molecule has 3 aromatic carbocycles. The summed E-state index contributed by atoms with van der Waals surface area (Å²) in [5.41, 5.74) is 3.75. The molecule has 180 valence electrons. The zero-order chi connectivity index (χ0) is 24.4. The van der Waals surface area contributed by atoms with E-state index in [1.165, 1.54) is 0 Å². The molecule has 6 nitrogen and oxygen atoms in total. The summed E-state index contributed by atoms with van der Waals surface area (Å²) in [7, 11) is 0. The molecule has 1 aliphatic rings. The van der Waals surface area contributed by atoms with Crippen molar-refractivity contribution in [2.75, 3.05) is 24.7 Å². The number of aryl methyl sites for hydroxylation is 1. The van der Waals surface area contributed by atoms with Crippen molar-refractivity contribution in [1.29, 1.82) is 0 Å². The predicted molar refractivity (Wildman–Crippen MR) is 139 cm³/mol. The maximum Gasteiger partial charge on any atom is 0.227 e. The maximum atomic E-state index is 13.1. The van der Waals surface area contributed by atoms with E-state index >= 15 is 0 Å². The Kier molecular flexibility index (Phi) is 6.64. The molecule has 0 unspecified atom stereocenters. The van der Waals surface area contributed by atoms with Crippen molar-refractivity contribution < 1.29 is 14.3 Å². The molecule has 1 amide bonds. The van der Waals surface area contributed by atoms with Gasteiger partial charge in [0, 0.05) is 23.9 Å². The van der Waals surface area contributed by atoms with Crippen LogP contribution in [0.1, 0.15) is 30.7 Å². The largest absolute Gasteiger partial charge is 0.492 e. The number of carbonyl (C=O) groups excluding carboxylic acids is 1. The van der Waals surface area contributed by atoms with Crippen LogP contribution in [0.25, 0.3) is 11.0 Å². The van der Waals surface area contributed by atoms with Gasteiger partial charge in [0.2, 0.25) is 5.91 Å². The molecule has 7 heteroatoms. The van der Waals surface area contributed by atoms with E-state index in [0.717, 1.165) is 44.6 Å². The van der Waals surface area contributed by atoms with E-state index in [-0.39, 0.29) is 11.8 Å². The normalized spacial score (nSPS) is 15.7. The van der Waals surface area contributed by atoms with Crippen LogP contribution in [-0.4, -0.2) is 35.2 Å². The molecule has 0 aliphatic carbocycles. The highest BCUT2D eigenvalue weighted by Crippen LogP contribution is 2.37. The summed E-state index contributed by atoms with van der Waals surface area (Å²) in [5, 5.41) is 0.724. The first-order valence-electron chi connectivity index (χ1n) is 11.9. The van der Waals surface area contributed by atoms with Gasteiger partial charge in [-0.3, -0.25) is 4.79 Å². The number of ether oxygens (including phenoxy) is 2. The van der Waals surface area contributed by atoms with Gasteiger partial charge in [-0.1, -0.05) is 35.9 Å². The number of anilines is 1. The van der Waals surface area contributed by atoms with Crippen LogP contribution in [0, 0.1) is 6.92 Å². The minimum Gasteiger partial charge on any atom is -0.492 e. The van der Waals surface area contributed by atoms with Crippen LogP contribution in [0.4, 0.5) is 5.69 Å². The predicted octanol–water partition coefficient (Wildman–Crippen LogP) is 6.00. The summed E-state index contributed by atoms with van der Waals surface area (Å²) in [6.45, 7) is 6.11. The summed E-state index contributed by atoms with van der Waals surface area (Å²) in [6, 6.07) is 21.5. The first-order chi connectivity index (χ1) is 17.0. The van der Waals surface area contributed by atoms with Gasteiger partial charge in [-0.05, 0) is 61.9 Å². The lowest BCUT2D eigenvalue weighted by atomic mass is 10.1. The van der Waals surface area contributed by atoms with Crippen molar-refractivity contribution >= 4 is 34.2 Å². The maximum absolute atomic E-state index is 13.1. The average Bonchev–Trinajstić information content (AvgIpc) is 3.42. The molecule has 1 saturated heterocycles. The molecule has 0 spiro atoms. The second-order valence-electron chi connectivity index (χ2n) is 8.68. The molecule has 0 saturated carbocycles. The molecule has 1 atom stereocenters. The molecule has 0 bridgehead atoms.